The number of piperidine rings is 1. The van der Waals surface area contributed by atoms with Gasteiger partial charge in [-0.05, 0) is 62.6 Å². The molecule has 0 unspecified atom stereocenters. The Balaban J connectivity index is 1.66. The number of hydrogen-bond acceptors (Lipinski definition) is 2. The molecule has 0 bridgehead atoms. The van der Waals surface area contributed by atoms with E-state index in [4.69, 9.17) is 0 Å². The highest BCUT2D eigenvalue weighted by atomic mass is 16.1. The van der Waals surface area contributed by atoms with Gasteiger partial charge in [0.05, 0.1) is 0 Å². The number of rotatable bonds is 3. The lowest BCUT2D eigenvalue weighted by Gasteiger charge is -2.28. The third kappa shape index (κ3) is 3.48. The third-order valence-electron chi connectivity index (χ3n) is 4.13. The van der Waals surface area contributed by atoms with Gasteiger partial charge < -0.3 is 10.2 Å². The van der Waals surface area contributed by atoms with Crippen molar-refractivity contribution in [3.63, 3.8) is 0 Å². The molecule has 0 spiro atoms. The quantitative estimate of drug-likeness (QED) is 0.918. The molecule has 0 saturated carbocycles. The molecule has 1 aliphatic rings. The zero-order chi connectivity index (χ0) is 15.4. The summed E-state index contributed by atoms with van der Waals surface area (Å²) < 4.78 is 0. The van der Waals surface area contributed by atoms with Gasteiger partial charge in [-0.1, -0.05) is 17.7 Å². The van der Waals surface area contributed by atoms with Crippen LogP contribution in [0.4, 0.5) is 11.4 Å². The average molecular weight is 294 g/mol. The van der Waals surface area contributed by atoms with E-state index in [9.17, 15) is 4.79 Å². The molecule has 3 heteroatoms. The molecule has 3 rings (SSSR count). The van der Waals surface area contributed by atoms with Crippen LogP contribution >= 0.6 is 0 Å². The molecule has 1 N–H and O–H groups in total. The summed E-state index contributed by atoms with van der Waals surface area (Å²) in [5.74, 6) is -0.0607. The molecule has 0 radical (unpaired) electrons. The van der Waals surface area contributed by atoms with E-state index < -0.39 is 0 Å². The van der Waals surface area contributed by atoms with E-state index in [-0.39, 0.29) is 5.91 Å². The largest absolute Gasteiger partial charge is 0.372 e. The maximum Gasteiger partial charge on any atom is 0.255 e. The Hall–Kier alpha value is -2.29. The number of carbonyl (C=O) groups excluding carboxylic acids is 1. The average Bonchev–Trinajstić information content (AvgIpc) is 2.56. The lowest BCUT2D eigenvalue weighted by atomic mass is 10.1. The van der Waals surface area contributed by atoms with Crippen molar-refractivity contribution >= 4 is 17.3 Å². The zero-order valence-electron chi connectivity index (χ0n) is 13.0. The predicted octanol–water partition coefficient (Wildman–Crippen LogP) is 4.24. The van der Waals surface area contributed by atoms with Crippen LogP contribution in [0.2, 0.25) is 0 Å². The zero-order valence-corrected chi connectivity index (χ0v) is 13.0. The monoisotopic (exact) mass is 294 g/mol. The Bertz CT molecular complexity index is 643. The van der Waals surface area contributed by atoms with Crippen molar-refractivity contribution in [3.8, 4) is 0 Å². The summed E-state index contributed by atoms with van der Waals surface area (Å²) in [6, 6.07) is 15.8. The Morgan fingerprint density at radius 2 is 1.73 bits per heavy atom. The van der Waals surface area contributed by atoms with Crippen molar-refractivity contribution in [3.05, 3.63) is 59.7 Å². The fourth-order valence-corrected chi connectivity index (χ4v) is 2.90. The predicted molar refractivity (Wildman–Crippen MR) is 91.6 cm³/mol. The number of carbonyl (C=O) groups is 1. The minimum absolute atomic E-state index is 0.0607. The summed E-state index contributed by atoms with van der Waals surface area (Å²) in [5, 5.41) is 2.96. The number of aryl methyl sites for hydroxylation is 1. The normalized spacial score (nSPS) is 14.7. The summed E-state index contributed by atoms with van der Waals surface area (Å²) >= 11 is 0. The van der Waals surface area contributed by atoms with E-state index in [1.54, 1.807) is 0 Å². The minimum Gasteiger partial charge on any atom is -0.372 e. The summed E-state index contributed by atoms with van der Waals surface area (Å²) in [6.07, 6.45) is 3.87. The number of nitrogens with one attached hydrogen (secondary N) is 1. The van der Waals surface area contributed by atoms with Crippen molar-refractivity contribution in [2.45, 2.75) is 26.2 Å². The first-order valence-electron chi connectivity index (χ1n) is 7.95. The molecule has 2 aromatic carbocycles. The Kier molecular flexibility index (Phi) is 4.42. The number of amides is 1. The molecule has 0 aromatic heterocycles. The van der Waals surface area contributed by atoms with Crippen molar-refractivity contribution in [2.75, 3.05) is 23.3 Å². The minimum atomic E-state index is -0.0607. The molecular weight excluding hydrogens is 272 g/mol. The van der Waals surface area contributed by atoms with Gasteiger partial charge in [0.15, 0.2) is 0 Å². The summed E-state index contributed by atoms with van der Waals surface area (Å²) in [5.41, 5.74) is 3.87. The first-order chi connectivity index (χ1) is 10.7. The molecule has 0 atom stereocenters. The second-order valence-corrected chi connectivity index (χ2v) is 5.92. The van der Waals surface area contributed by atoms with Gasteiger partial charge in [0.25, 0.3) is 5.91 Å². The van der Waals surface area contributed by atoms with Crippen LogP contribution in [-0.4, -0.2) is 19.0 Å². The fourth-order valence-electron chi connectivity index (χ4n) is 2.90. The first kappa shape index (κ1) is 14.6. The van der Waals surface area contributed by atoms with Crippen LogP contribution in [0.5, 0.6) is 0 Å². The maximum atomic E-state index is 12.2. The molecule has 2 aromatic rings. The van der Waals surface area contributed by atoms with Crippen LogP contribution in [0.3, 0.4) is 0 Å². The van der Waals surface area contributed by atoms with Crippen LogP contribution < -0.4 is 10.2 Å². The number of nitrogens with zero attached hydrogens (tertiary/aromatic N) is 1. The topological polar surface area (TPSA) is 32.3 Å². The second kappa shape index (κ2) is 6.65. The second-order valence-electron chi connectivity index (χ2n) is 5.92. The molecule has 22 heavy (non-hydrogen) atoms. The van der Waals surface area contributed by atoms with E-state index in [0.29, 0.717) is 5.56 Å². The van der Waals surface area contributed by atoms with Crippen LogP contribution in [0, 0.1) is 6.92 Å². The van der Waals surface area contributed by atoms with Gasteiger partial charge >= 0.3 is 0 Å². The maximum absolute atomic E-state index is 12.2. The Morgan fingerprint density at radius 3 is 2.41 bits per heavy atom. The van der Waals surface area contributed by atoms with E-state index >= 15 is 0 Å². The molecule has 114 valence electrons. The smallest absolute Gasteiger partial charge is 0.255 e. The van der Waals surface area contributed by atoms with Gasteiger partial charge in [0.2, 0.25) is 0 Å². The third-order valence-corrected chi connectivity index (χ3v) is 4.13. The highest BCUT2D eigenvalue weighted by Crippen LogP contribution is 2.22. The van der Waals surface area contributed by atoms with E-state index in [2.05, 4.69) is 22.3 Å². The highest BCUT2D eigenvalue weighted by Gasteiger charge is 2.11. The van der Waals surface area contributed by atoms with Crippen molar-refractivity contribution < 1.29 is 4.79 Å². The van der Waals surface area contributed by atoms with Crippen molar-refractivity contribution in [1.29, 1.82) is 0 Å². The molecule has 1 heterocycles. The Morgan fingerprint density at radius 1 is 1.00 bits per heavy atom. The van der Waals surface area contributed by atoms with Gasteiger partial charge in [-0.15, -0.1) is 0 Å². The molecule has 1 fully saturated rings. The lowest BCUT2D eigenvalue weighted by Crippen LogP contribution is -2.29. The number of benzene rings is 2. The molecule has 0 aliphatic carbocycles. The molecule has 3 nitrogen and oxygen atoms in total. The van der Waals surface area contributed by atoms with Gasteiger partial charge in [-0.25, -0.2) is 0 Å². The summed E-state index contributed by atoms with van der Waals surface area (Å²) in [4.78, 5) is 14.6. The summed E-state index contributed by atoms with van der Waals surface area (Å²) in [7, 11) is 0. The van der Waals surface area contributed by atoms with Crippen molar-refractivity contribution in [1.82, 2.24) is 0 Å². The van der Waals surface area contributed by atoms with Crippen LogP contribution in [0.25, 0.3) is 0 Å². The summed E-state index contributed by atoms with van der Waals surface area (Å²) in [6.45, 7) is 4.26. The van der Waals surface area contributed by atoms with E-state index in [1.165, 1.54) is 24.9 Å². The molecule has 1 amide bonds. The van der Waals surface area contributed by atoms with Gasteiger partial charge in [-0.3, -0.25) is 4.79 Å². The van der Waals surface area contributed by atoms with Gasteiger partial charge in [0, 0.05) is 30.0 Å². The SMILES string of the molecule is Cc1cccc(C(=O)Nc2ccc(N3CCCCC3)cc2)c1. The molecule has 1 aliphatic heterocycles. The van der Waals surface area contributed by atoms with Gasteiger partial charge in [-0.2, -0.15) is 0 Å². The molecule has 1 saturated heterocycles. The van der Waals surface area contributed by atoms with Crippen LogP contribution in [-0.2, 0) is 0 Å². The van der Waals surface area contributed by atoms with E-state index in [0.717, 1.165) is 24.3 Å². The van der Waals surface area contributed by atoms with Gasteiger partial charge in [0.1, 0.15) is 0 Å². The van der Waals surface area contributed by atoms with Crippen LogP contribution in [0.1, 0.15) is 35.2 Å². The highest BCUT2D eigenvalue weighted by molar-refractivity contribution is 6.04. The van der Waals surface area contributed by atoms with Crippen LogP contribution in [0.15, 0.2) is 48.5 Å². The van der Waals surface area contributed by atoms with E-state index in [1.807, 2.05) is 43.3 Å². The first-order valence-corrected chi connectivity index (χ1v) is 7.95. The number of anilines is 2. The van der Waals surface area contributed by atoms with Crippen molar-refractivity contribution in [2.24, 2.45) is 0 Å². The fraction of sp³-hybridized carbons (Fsp3) is 0.316. The standard InChI is InChI=1S/C19H22N2O/c1-15-6-5-7-16(14-15)19(22)20-17-8-10-18(11-9-17)21-12-3-2-4-13-21/h5-11,14H,2-4,12-13H2,1H3,(H,20,22). The Labute approximate surface area is 132 Å². The lowest BCUT2D eigenvalue weighted by molar-refractivity contribution is 0.102. The molecular formula is C19H22N2O. The number of hydrogen-bond donors (Lipinski definition) is 1.